The van der Waals surface area contributed by atoms with Crippen LogP contribution in [0.4, 0.5) is 0 Å². The molecule has 0 spiro atoms. The molecule has 0 fully saturated rings. The molecule has 1 radical (unpaired) electrons. The summed E-state index contributed by atoms with van der Waals surface area (Å²) in [6.45, 7) is 2.55. The van der Waals surface area contributed by atoms with Gasteiger partial charge in [-0.2, -0.15) is 0 Å². The van der Waals surface area contributed by atoms with Crippen molar-refractivity contribution >= 4 is 37.0 Å². The second-order valence-corrected chi connectivity index (χ2v) is 4.72. The number of nitrogens with zero attached hydrogens (tertiary/aromatic N) is 1. The maximum absolute atomic E-state index is 11.7. The van der Waals surface area contributed by atoms with Crippen molar-refractivity contribution in [1.82, 2.24) is 5.32 Å². The van der Waals surface area contributed by atoms with E-state index in [2.05, 4.69) is 10.3 Å². The van der Waals surface area contributed by atoms with E-state index >= 15 is 0 Å². The Morgan fingerprint density at radius 2 is 2.21 bits per heavy atom. The Morgan fingerprint density at radius 1 is 1.53 bits per heavy atom. The number of aliphatic carboxylic acids is 1. The molecule has 7 heteroatoms. The average Bonchev–Trinajstić information content (AvgIpc) is 2.74. The van der Waals surface area contributed by atoms with Gasteiger partial charge in [0.1, 0.15) is 12.1 Å². The second-order valence-electron chi connectivity index (χ2n) is 4.72. The van der Waals surface area contributed by atoms with Crippen LogP contribution in [0.1, 0.15) is 32.6 Å². The van der Waals surface area contributed by atoms with Crippen LogP contribution in [0.5, 0.6) is 0 Å². The van der Waals surface area contributed by atoms with Crippen molar-refractivity contribution in [2.24, 2.45) is 16.6 Å². The molecule has 1 amide bonds. The smallest absolute Gasteiger partial charge is 0.320 e. The number of unbranched alkanes of at least 4 members (excludes halogenated alkanes) is 1. The molecule has 1 aliphatic heterocycles. The summed E-state index contributed by atoms with van der Waals surface area (Å²) in [6.07, 6.45) is 4.50. The van der Waals surface area contributed by atoms with Gasteiger partial charge in [-0.05, 0) is 31.6 Å². The third-order valence-electron chi connectivity index (χ3n) is 3.11. The van der Waals surface area contributed by atoms with E-state index in [1.807, 2.05) is 6.92 Å². The zero-order valence-corrected chi connectivity index (χ0v) is 11.6. The Bertz CT molecular complexity index is 336. The van der Waals surface area contributed by atoms with Gasteiger partial charge in [0.25, 0.3) is 0 Å². The molecular weight excluding hydrogens is 241 g/mol. The minimum Gasteiger partial charge on any atom is -0.480 e. The first-order valence-corrected chi connectivity index (χ1v) is 6.30. The fraction of sp³-hybridized carbons (Fsp3) is 0.750. The first-order valence-electron chi connectivity index (χ1n) is 6.30. The summed E-state index contributed by atoms with van der Waals surface area (Å²) in [6, 6.07) is -1.06. The molecule has 1 heterocycles. The fourth-order valence-electron chi connectivity index (χ4n) is 1.87. The Hall–Kier alpha value is -0.833. The molecule has 0 saturated heterocycles. The Morgan fingerprint density at radius 3 is 2.74 bits per heavy atom. The predicted octanol–water partition coefficient (Wildman–Crippen LogP) is -0.217. The number of carboxylic acids is 1. The first kappa shape index (κ1) is 18.2. The average molecular weight is 262 g/mol. The Labute approximate surface area is 125 Å². The van der Waals surface area contributed by atoms with Gasteiger partial charge >= 0.3 is 5.97 Å². The summed E-state index contributed by atoms with van der Waals surface area (Å²) in [5.41, 5.74) is 5.37. The predicted molar refractivity (Wildman–Crippen MR) is 74.3 cm³/mol. The maximum Gasteiger partial charge on any atom is 0.320 e. The van der Waals surface area contributed by atoms with Crippen LogP contribution in [0.2, 0.25) is 0 Å². The van der Waals surface area contributed by atoms with Gasteiger partial charge in [0, 0.05) is 31.6 Å². The number of amides is 1. The van der Waals surface area contributed by atoms with Gasteiger partial charge in [0.15, 0.2) is 0 Å². The van der Waals surface area contributed by atoms with E-state index < -0.39 is 12.0 Å². The van der Waals surface area contributed by atoms with Crippen LogP contribution < -0.4 is 11.1 Å². The fourth-order valence-corrected chi connectivity index (χ4v) is 1.87. The third-order valence-corrected chi connectivity index (χ3v) is 3.11. The zero-order valence-electron chi connectivity index (χ0n) is 11.6. The monoisotopic (exact) mass is 262 g/mol. The summed E-state index contributed by atoms with van der Waals surface area (Å²) in [4.78, 5) is 26.3. The van der Waals surface area contributed by atoms with Crippen LogP contribution in [-0.2, 0) is 9.59 Å². The van der Waals surface area contributed by atoms with Crippen molar-refractivity contribution in [3.05, 3.63) is 0 Å². The molecule has 0 aliphatic carbocycles. The van der Waals surface area contributed by atoms with E-state index in [4.69, 9.17) is 10.8 Å². The summed E-state index contributed by atoms with van der Waals surface area (Å²) < 4.78 is 0. The number of carbonyl (C=O) groups is 2. The molecule has 6 nitrogen and oxygen atoms in total. The van der Waals surface area contributed by atoms with Crippen LogP contribution >= 0.6 is 0 Å². The number of nitrogens with one attached hydrogen (secondary N) is 1. The van der Waals surface area contributed by atoms with Crippen molar-refractivity contribution in [3.63, 3.8) is 0 Å². The molecule has 3 unspecified atom stereocenters. The van der Waals surface area contributed by atoms with E-state index in [1.165, 1.54) is 0 Å². The van der Waals surface area contributed by atoms with Gasteiger partial charge < -0.3 is 16.2 Å². The summed E-state index contributed by atoms with van der Waals surface area (Å²) in [7, 11) is 0. The zero-order chi connectivity index (χ0) is 13.5. The van der Waals surface area contributed by atoms with Crippen molar-refractivity contribution in [2.75, 3.05) is 6.54 Å². The van der Waals surface area contributed by atoms with E-state index in [0.29, 0.717) is 19.4 Å². The molecule has 0 aromatic heterocycles. The van der Waals surface area contributed by atoms with Crippen LogP contribution in [0.3, 0.4) is 0 Å². The SMILES string of the molecule is CC1CC=NC1C(=O)NCCCCC(N)C(=O)O.[Li]. The van der Waals surface area contributed by atoms with Gasteiger partial charge in [-0.1, -0.05) is 6.92 Å². The van der Waals surface area contributed by atoms with Crippen LogP contribution in [0.15, 0.2) is 4.99 Å². The third kappa shape index (κ3) is 6.24. The molecule has 3 atom stereocenters. The summed E-state index contributed by atoms with van der Waals surface area (Å²) in [5, 5.41) is 11.4. The number of rotatable bonds is 7. The first-order chi connectivity index (χ1) is 8.52. The number of hydrogen-bond donors (Lipinski definition) is 3. The van der Waals surface area contributed by atoms with Crippen molar-refractivity contribution in [3.8, 4) is 0 Å². The Balaban J connectivity index is 0.00000324. The topological polar surface area (TPSA) is 105 Å². The van der Waals surface area contributed by atoms with Crippen LogP contribution in [0.25, 0.3) is 0 Å². The van der Waals surface area contributed by atoms with Crippen LogP contribution in [0, 0.1) is 5.92 Å². The van der Waals surface area contributed by atoms with Gasteiger partial charge in [-0.25, -0.2) is 0 Å². The van der Waals surface area contributed by atoms with E-state index in [9.17, 15) is 9.59 Å². The van der Waals surface area contributed by atoms with E-state index in [-0.39, 0.29) is 36.7 Å². The molecule has 0 aromatic rings. The van der Waals surface area contributed by atoms with Gasteiger partial charge in [-0.15, -0.1) is 0 Å². The van der Waals surface area contributed by atoms with Crippen molar-refractivity contribution < 1.29 is 14.7 Å². The molecule has 1 rings (SSSR count). The van der Waals surface area contributed by atoms with E-state index in [0.717, 1.165) is 12.8 Å². The summed E-state index contributed by atoms with van der Waals surface area (Å²) in [5.74, 6) is -0.752. The second kappa shape index (κ2) is 9.13. The minimum absolute atomic E-state index is 0. The molecule has 103 valence electrons. The maximum atomic E-state index is 11.7. The normalized spacial score (nSPS) is 22.6. The molecule has 0 bridgehead atoms. The molecule has 4 N–H and O–H groups in total. The largest absolute Gasteiger partial charge is 0.480 e. The minimum atomic E-state index is -0.979. The van der Waals surface area contributed by atoms with Crippen LogP contribution in [-0.4, -0.2) is 60.7 Å². The number of carboxylic acid groups (broad SMARTS) is 1. The van der Waals surface area contributed by atoms with Gasteiger partial charge in [0.05, 0.1) is 0 Å². The molecule has 1 aliphatic rings. The number of aliphatic imine (C=N–C) groups is 1. The molecular formula is C12H21LiN3O3. The molecule has 0 aromatic carbocycles. The van der Waals surface area contributed by atoms with Crippen molar-refractivity contribution in [2.45, 2.75) is 44.7 Å². The number of carbonyl (C=O) groups excluding carboxylic acids is 1. The van der Waals surface area contributed by atoms with Crippen molar-refractivity contribution in [1.29, 1.82) is 0 Å². The standard InChI is InChI=1S/C12H21N3O3.Li/c1-8-5-7-14-10(8)11(16)15-6-3-2-4-9(13)12(17)18;/h7-10H,2-6,13H2,1H3,(H,15,16)(H,17,18);. The number of hydrogen-bond acceptors (Lipinski definition) is 4. The summed E-state index contributed by atoms with van der Waals surface area (Å²) >= 11 is 0. The van der Waals surface area contributed by atoms with Gasteiger partial charge in [0.2, 0.25) is 5.91 Å². The number of nitrogens with two attached hydrogens (primary N) is 1. The molecule has 0 saturated carbocycles. The van der Waals surface area contributed by atoms with E-state index in [1.54, 1.807) is 6.21 Å². The quantitative estimate of drug-likeness (QED) is 0.436. The van der Waals surface area contributed by atoms with Gasteiger partial charge in [-0.3, -0.25) is 14.6 Å². The molecule has 19 heavy (non-hydrogen) atoms. The Kier molecular flexibility index (Phi) is 8.73.